The van der Waals surface area contributed by atoms with Gasteiger partial charge in [-0.25, -0.2) is 0 Å². The van der Waals surface area contributed by atoms with Crippen LogP contribution in [0.2, 0.25) is 0 Å². The van der Waals surface area contributed by atoms with Gasteiger partial charge in [0.15, 0.2) is 11.5 Å². The molecule has 1 rings (SSSR count). The molecule has 0 spiro atoms. The summed E-state index contributed by atoms with van der Waals surface area (Å²) in [5.74, 6) is 1.07. The molecule has 0 aromatic heterocycles. The maximum absolute atomic E-state index is 5.67. The van der Waals surface area contributed by atoms with Crippen LogP contribution in [-0.4, -0.2) is 39.1 Å². The summed E-state index contributed by atoms with van der Waals surface area (Å²) >= 11 is 0. The molecule has 20 heavy (non-hydrogen) atoms. The first-order valence-electron chi connectivity index (χ1n) is 6.18. The van der Waals surface area contributed by atoms with Gasteiger partial charge >= 0.3 is 0 Å². The van der Waals surface area contributed by atoms with Gasteiger partial charge in [-0.2, -0.15) is 5.10 Å². The van der Waals surface area contributed by atoms with Crippen molar-refractivity contribution in [2.24, 2.45) is 21.7 Å². The third-order valence-electron chi connectivity index (χ3n) is 2.28. The molecule has 0 radical (unpaired) electrons. The highest BCUT2D eigenvalue weighted by molar-refractivity contribution is 5.86. The number of hydrogen-bond acceptors (Lipinski definition) is 5. The van der Waals surface area contributed by atoms with E-state index in [2.05, 4.69) is 10.2 Å². The molecular formula is C13H20N4O3. The SMILES string of the molecule is CCOCCOc1c(C=NN=C(N)N)cccc1OC. The Kier molecular flexibility index (Phi) is 6.91. The van der Waals surface area contributed by atoms with Crippen molar-refractivity contribution in [3.8, 4) is 11.5 Å². The van der Waals surface area contributed by atoms with Crippen LogP contribution in [0.25, 0.3) is 0 Å². The molecule has 0 aliphatic heterocycles. The van der Waals surface area contributed by atoms with Gasteiger partial charge in [-0.1, -0.05) is 6.07 Å². The molecule has 0 bridgehead atoms. The number of guanidine groups is 1. The molecule has 0 saturated carbocycles. The first-order chi connectivity index (χ1) is 9.69. The average Bonchev–Trinajstić information content (AvgIpc) is 2.44. The van der Waals surface area contributed by atoms with Crippen LogP contribution in [0.3, 0.4) is 0 Å². The fraction of sp³-hybridized carbons (Fsp3) is 0.385. The van der Waals surface area contributed by atoms with Crippen LogP contribution in [0.4, 0.5) is 0 Å². The summed E-state index contributed by atoms with van der Waals surface area (Å²) in [6.45, 7) is 3.49. The van der Waals surface area contributed by atoms with Gasteiger partial charge in [0.05, 0.1) is 19.9 Å². The Labute approximate surface area is 118 Å². The quantitative estimate of drug-likeness (QED) is 0.316. The van der Waals surface area contributed by atoms with E-state index in [1.165, 1.54) is 6.21 Å². The van der Waals surface area contributed by atoms with Crippen molar-refractivity contribution in [2.45, 2.75) is 6.92 Å². The Morgan fingerprint density at radius 3 is 2.75 bits per heavy atom. The van der Waals surface area contributed by atoms with Gasteiger partial charge in [0.2, 0.25) is 5.96 Å². The standard InChI is InChI=1S/C13H20N4O3/c1-3-19-7-8-20-12-10(9-16-17-13(14)15)5-4-6-11(12)18-2/h4-6,9H,3,7-8H2,1-2H3,(H4,14,15,17). The van der Waals surface area contributed by atoms with Gasteiger partial charge in [-0.15, -0.1) is 5.10 Å². The molecule has 0 heterocycles. The number of nitrogens with zero attached hydrogens (tertiary/aromatic N) is 2. The van der Waals surface area contributed by atoms with Crippen LogP contribution in [-0.2, 0) is 4.74 Å². The average molecular weight is 280 g/mol. The molecule has 7 nitrogen and oxygen atoms in total. The van der Waals surface area contributed by atoms with Gasteiger partial charge in [0.1, 0.15) is 6.61 Å². The maximum atomic E-state index is 5.67. The minimum atomic E-state index is -0.108. The summed E-state index contributed by atoms with van der Waals surface area (Å²) in [5, 5.41) is 7.31. The highest BCUT2D eigenvalue weighted by Gasteiger charge is 2.09. The van der Waals surface area contributed by atoms with E-state index in [0.717, 1.165) is 0 Å². The highest BCUT2D eigenvalue weighted by Crippen LogP contribution is 2.30. The van der Waals surface area contributed by atoms with E-state index in [1.54, 1.807) is 13.2 Å². The summed E-state index contributed by atoms with van der Waals surface area (Å²) in [4.78, 5) is 0. The summed E-state index contributed by atoms with van der Waals surface area (Å²) < 4.78 is 16.2. The van der Waals surface area contributed by atoms with E-state index < -0.39 is 0 Å². The van der Waals surface area contributed by atoms with Crippen LogP contribution in [0.5, 0.6) is 11.5 Å². The second-order valence-electron chi connectivity index (χ2n) is 3.69. The molecule has 1 aromatic carbocycles. The maximum Gasteiger partial charge on any atom is 0.211 e. The number of hydrogen-bond donors (Lipinski definition) is 2. The lowest BCUT2D eigenvalue weighted by Crippen LogP contribution is -2.21. The van der Waals surface area contributed by atoms with E-state index in [1.807, 2.05) is 19.1 Å². The number of rotatable bonds is 8. The number of benzene rings is 1. The molecule has 110 valence electrons. The van der Waals surface area contributed by atoms with E-state index in [0.29, 0.717) is 36.9 Å². The van der Waals surface area contributed by atoms with Crippen molar-refractivity contribution in [3.05, 3.63) is 23.8 Å². The van der Waals surface area contributed by atoms with Crippen LogP contribution >= 0.6 is 0 Å². The predicted molar refractivity (Wildman–Crippen MR) is 78.4 cm³/mol. The Hall–Kier alpha value is -2.28. The molecule has 1 aromatic rings. The number of para-hydroxylation sites is 1. The Morgan fingerprint density at radius 1 is 1.30 bits per heavy atom. The van der Waals surface area contributed by atoms with E-state index >= 15 is 0 Å². The zero-order valence-electron chi connectivity index (χ0n) is 11.7. The summed E-state index contributed by atoms with van der Waals surface area (Å²) in [6.07, 6.45) is 1.50. The highest BCUT2D eigenvalue weighted by atomic mass is 16.5. The Morgan fingerprint density at radius 2 is 2.10 bits per heavy atom. The lowest BCUT2D eigenvalue weighted by Gasteiger charge is -2.12. The zero-order chi connectivity index (χ0) is 14.8. The monoisotopic (exact) mass is 280 g/mol. The molecule has 4 N–H and O–H groups in total. The van der Waals surface area contributed by atoms with Crippen molar-refractivity contribution in [2.75, 3.05) is 26.9 Å². The number of ether oxygens (including phenoxy) is 3. The van der Waals surface area contributed by atoms with Crippen LogP contribution in [0.1, 0.15) is 12.5 Å². The molecule has 0 saturated heterocycles. The van der Waals surface area contributed by atoms with Gasteiger partial charge in [-0.3, -0.25) is 0 Å². The van der Waals surface area contributed by atoms with E-state index in [-0.39, 0.29) is 5.96 Å². The molecule has 0 aliphatic rings. The van der Waals surface area contributed by atoms with Gasteiger partial charge < -0.3 is 25.7 Å². The van der Waals surface area contributed by atoms with Crippen molar-refractivity contribution in [1.29, 1.82) is 0 Å². The van der Waals surface area contributed by atoms with Crippen molar-refractivity contribution >= 4 is 12.2 Å². The summed E-state index contributed by atoms with van der Waals surface area (Å²) in [6, 6.07) is 5.45. The third-order valence-corrected chi connectivity index (χ3v) is 2.28. The second-order valence-corrected chi connectivity index (χ2v) is 3.69. The van der Waals surface area contributed by atoms with Crippen LogP contribution < -0.4 is 20.9 Å². The summed E-state index contributed by atoms with van der Waals surface area (Å²) in [7, 11) is 1.57. The summed E-state index contributed by atoms with van der Waals surface area (Å²) in [5.41, 5.74) is 11.1. The minimum Gasteiger partial charge on any atom is -0.493 e. The van der Waals surface area contributed by atoms with E-state index in [9.17, 15) is 0 Å². The first-order valence-corrected chi connectivity index (χ1v) is 6.18. The molecule has 0 atom stereocenters. The minimum absolute atomic E-state index is 0.108. The number of nitrogens with two attached hydrogens (primary N) is 2. The molecule has 0 unspecified atom stereocenters. The van der Waals surface area contributed by atoms with Crippen molar-refractivity contribution in [1.82, 2.24) is 0 Å². The molecular weight excluding hydrogens is 260 g/mol. The predicted octanol–water partition coefficient (Wildman–Crippen LogP) is 0.718. The normalized spacial score (nSPS) is 10.5. The lowest BCUT2D eigenvalue weighted by molar-refractivity contribution is 0.109. The smallest absolute Gasteiger partial charge is 0.211 e. The van der Waals surface area contributed by atoms with Gasteiger partial charge in [0, 0.05) is 12.2 Å². The fourth-order valence-electron chi connectivity index (χ4n) is 1.45. The molecule has 0 amide bonds. The fourth-order valence-corrected chi connectivity index (χ4v) is 1.45. The van der Waals surface area contributed by atoms with Crippen molar-refractivity contribution in [3.63, 3.8) is 0 Å². The van der Waals surface area contributed by atoms with Crippen LogP contribution in [0.15, 0.2) is 28.4 Å². The molecule has 7 heteroatoms. The van der Waals surface area contributed by atoms with Gasteiger partial charge in [0.25, 0.3) is 0 Å². The number of methoxy groups -OCH3 is 1. The van der Waals surface area contributed by atoms with Crippen molar-refractivity contribution < 1.29 is 14.2 Å². The Balaban J connectivity index is 2.86. The topological polar surface area (TPSA) is 104 Å². The largest absolute Gasteiger partial charge is 0.493 e. The Bertz CT molecular complexity index is 471. The van der Waals surface area contributed by atoms with Crippen LogP contribution in [0, 0.1) is 0 Å². The third kappa shape index (κ3) is 5.15. The zero-order valence-corrected chi connectivity index (χ0v) is 11.7. The van der Waals surface area contributed by atoms with Gasteiger partial charge in [-0.05, 0) is 19.1 Å². The second kappa shape index (κ2) is 8.76. The van der Waals surface area contributed by atoms with E-state index in [4.69, 9.17) is 25.7 Å². The lowest BCUT2D eigenvalue weighted by atomic mass is 10.2. The first kappa shape index (κ1) is 15.8. The molecule has 0 aliphatic carbocycles. The molecule has 0 fully saturated rings.